The van der Waals surface area contributed by atoms with Crippen molar-refractivity contribution in [3.05, 3.63) is 6.42 Å². The van der Waals surface area contributed by atoms with Gasteiger partial charge in [0.25, 0.3) is 0 Å². The molecule has 0 aromatic rings. The Balaban J connectivity index is 4.13. The second-order valence-corrected chi connectivity index (χ2v) is 1.66. The topological polar surface area (TPSA) is 0 Å². The van der Waals surface area contributed by atoms with Crippen LogP contribution in [0, 0.1) is 6.42 Å². The molecule has 0 aromatic heterocycles. The first-order valence-corrected chi connectivity index (χ1v) is 2.25. The van der Waals surface area contributed by atoms with E-state index in [0.29, 0.717) is 0 Å². The van der Waals surface area contributed by atoms with Gasteiger partial charge < -0.3 is 0 Å². The monoisotopic (exact) mass is 183 g/mol. The molecule has 0 unspecified atom stereocenters. The molecule has 0 atom stereocenters. The Hall–Kier alpha value is -0.490. The lowest BCUT2D eigenvalue weighted by atomic mass is 10.2. The van der Waals surface area contributed by atoms with Gasteiger partial charge in [0.15, 0.2) is 0 Å². The molecule has 0 aliphatic rings. The molecule has 0 rings (SSSR count). The van der Waals surface area contributed by atoms with E-state index in [1.54, 1.807) is 0 Å². The van der Waals surface area contributed by atoms with E-state index in [9.17, 15) is 30.7 Å². The summed E-state index contributed by atoms with van der Waals surface area (Å²) in [6.45, 7) is 0. The van der Waals surface area contributed by atoms with E-state index >= 15 is 0 Å². The summed E-state index contributed by atoms with van der Waals surface area (Å²) in [6, 6.07) is 0. The van der Waals surface area contributed by atoms with Crippen molar-refractivity contribution < 1.29 is 30.7 Å². The van der Waals surface area contributed by atoms with Gasteiger partial charge in [-0.15, -0.1) is 0 Å². The van der Waals surface area contributed by atoms with Gasteiger partial charge in [-0.25, -0.2) is 8.78 Å². The van der Waals surface area contributed by atoms with Gasteiger partial charge in [0, 0.05) is 0 Å². The zero-order valence-corrected chi connectivity index (χ0v) is 4.80. The molecule has 0 aliphatic heterocycles. The van der Waals surface area contributed by atoms with E-state index in [4.69, 9.17) is 0 Å². The molecule has 0 fully saturated rings. The van der Waals surface area contributed by atoms with Crippen LogP contribution in [-0.2, 0) is 0 Å². The Morgan fingerprint density at radius 3 is 1.36 bits per heavy atom. The molecular formula is C4H2F7. The largest absolute Gasteiger partial charge is 0.398 e. The van der Waals surface area contributed by atoms with Crippen molar-refractivity contribution in [2.45, 2.75) is 18.5 Å². The van der Waals surface area contributed by atoms with Crippen LogP contribution in [0.4, 0.5) is 30.7 Å². The molecule has 0 saturated carbocycles. The van der Waals surface area contributed by atoms with E-state index < -0.39 is 24.9 Å². The highest BCUT2D eigenvalue weighted by atomic mass is 19.4. The Bertz CT molecular complexity index is 123. The molecule has 0 N–H and O–H groups in total. The fourth-order valence-corrected chi connectivity index (χ4v) is 0.281. The summed E-state index contributed by atoms with van der Waals surface area (Å²) in [5.41, 5.74) is 0. The molecule has 1 radical (unpaired) electrons. The molecule has 0 amide bonds. The van der Waals surface area contributed by atoms with Crippen LogP contribution in [0.15, 0.2) is 0 Å². The van der Waals surface area contributed by atoms with Gasteiger partial charge in [0.2, 0.25) is 0 Å². The fraction of sp³-hybridized carbons (Fsp3) is 0.750. The summed E-state index contributed by atoms with van der Waals surface area (Å²) >= 11 is 0. The quantitative estimate of drug-likeness (QED) is 0.577. The summed E-state index contributed by atoms with van der Waals surface area (Å²) in [6.07, 6.45) is -11.4. The highest BCUT2D eigenvalue weighted by molar-refractivity contribution is 4.92. The fourth-order valence-electron chi connectivity index (χ4n) is 0.281. The van der Waals surface area contributed by atoms with Crippen molar-refractivity contribution >= 4 is 0 Å². The van der Waals surface area contributed by atoms with E-state index in [1.807, 2.05) is 0 Å². The minimum absolute atomic E-state index is 1.63. The number of hydrogen-bond donors (Lipinski definition) is 0. The van der Waals surface area contributed by atoms with Gasteiger partial charge >= 0.3 is 18.5 Å². The number of rotatable bonds is 2. The van der Waals surface area contributed by atoms with Crippen molar-refractivity contribution in [2.24, 2.45) is 0 Å². The summed E-state index contributed by atoms with van der Waals surface area (Å²) in [7, 11) is 0. The molecule has 0 aliphatic carbocycles. The SMILES string of the molecule is FC(F)C(F)(F)[CH]C(F)(F)F. The average molecular weight is 183 g/mol. The third-order valence-corrected chi connectivity index (χ3v) is 0.647. The van der Waals surface area contributed by atoms with Crippen molar-refractivity contribution in [2.75, 3.05) is 0 Å². The standard InChI is InChI=1S/C4H2F7/c5-2(6)3(7,8)1-4(9,10)11/h1-2H. The third-order valence-electron chi connectivity index (χ3n) is 0.647. The third kappa shape index (κ3) is 4.05. The Kier molecular flexibility index (Phi) is 2.74. The molecule has 11 heavy (non-hydrogen) atoms. The molecule has 0 nitrogen and oxygen atoms in total. The van der Waals surface area contributed by atoms with Gasteiger partial charge in [-0.05, 0) is 0 Å². The van der Waals surface area contributed by atoms with E-state index in [1.165, 1.54) is 0 Å². The molecule has 67 valence electrons. The van der Waals surface area contributed by atoms with E-state index in [-0.39, 0.29) is 0 Å². The van der Waals surface area contributed by atoms with Crippen molar-refractivity contribution in [3.63, 3.8) is 0 Å². The number of halogens is 7. The maximum Gasteiger partial charge on any atom is 0.398 e. The first-order valence-electron chi connectivity index (χ1n) is 2.25. The van der Waals surface area contributed by atoms with Crippen LogP contribution in [0.5, 0.6) is 0 Å². The molecule has 0 aromatic carbocycles. The highest BCUT2D eigenvalue weighted by Gasteiger charge is 2.50. The van der Waals surface area contributed by atoms with Gasteiger partial charge in [-0.1, -0.05) is 0 Å². The molecule has 0 saturated heterocycles. The van der Waals surface area contributed by atoms with Gasteiger partial charge in [-0.2, -0.15) is 22.0 Å². The first kappa shape index (κ1) is 10.5. The maximum atomic E-state index is 11.5. The second kappa shape index (κ2) is 2.86. The molecule has 0 heterocycles. The number of alkyl halides is 7. The molecular weight excluding hydrogens is 181 g/mol. The lowest BCUT2D eigenvalue weighted by molar-refractivity contribution is -0.173. The van der Waals surface area contributed by atoms with Crippen LogP contribution in [0.2, 0.25) is 0 Å². The van der Waals surface area contributed by atoms with Crippen LogP contribution in [0.3, 0.4) is 0 Å². The smallest absolute Gasteiger partial charge is 0.204 e. The van der Waals surface area contributed by atoms with E-state index in [2.05, 4.69) is 0 Å². The second-order valence-electron chi connectivity index (χ2n) is 1.66. The summed E-state index contributed by atoms with van der Waals surface area (Å²) in [4.78, 5) is 0. The molecule has 0 spiro atoms. The van der Waals surface area contributed by atoms with Gasteiger partial charge in [-0.3, -0.25) is 0 Å². The zero-order chi connectivity index (χ0) is 9.28. The lowest BCUT2D eigenvalue weighted by Crippen LogP contribution is -2.33. The maximum absolute atomic E-state index is 11.5. The van der Waals surface area contributed by atoms with Gasteiger partial charge in [0.05, 0.1) is 0 Å². The lowest BCUT2D eigenvalue weighted by Gasteiger charge is -2.15. The summed E-state index contributed by atoms with van der Waals surface area (Å²) in [5, 5.41) is 0. The summed E-state index contributed by atoms with van der Waals surface area (Å²) < 4.78 is 78.3. The Morgan fingerprint density at radius 1 is 0.909 bits per heavy atom. The summed E-state index contributed by atoms with van der Waals surface area (Å²) in [5.74, 6) is -5.10. The van der Waals surface area contributed by atoms with Crippen molar-refractivity contribution in [1.29, 1.82) is 0 Å². The molecule has 0 bridgehead atoms. The van der Waals surface area contributed by atoms with Crippen LogP contribution in [-0.4, -0.2) is 18.5 Å². The van der Waals surface area contributed by atoms with Crippen molar-refractivity contribution in [1.82, 2.24) is 0 Å². The minimum Gasteiger partial charge on any atom is -0.204 e. The van der Waals surface area contributed by atoms with Crippen LogP contribution >= 0.6 is 0 Å². The van der Waals surface area contributed by atoms with Gasteiger partial charge in [0.1, 0.15) is 6.42 Å². The normalized spacial score (nSPS) is 14.2. The predicted molar refractivity (Wildman–Crippen MR) is 21.3 cm³/mol. The Morgan fingerprint density at radius 2 is 1.27 bits per heavy atom. The van der Waals surface area contributed by atoms with Crippen LogP contribution in [0.1, 0.15) is 0 Å². The van der Waals surface area contributed by atoms with Crippen LogP contribution < -0.4 is 0 Å². The Labute approximate surface area is 57.0 Å². The van der Waals surface area contributed by atoms with E-state index in [0.717, 1.165) is 0 Å². The molecule has 7 heteroatoms. The predicted octanol–water partition coefficient (Wildman–Crippen LogP) is 2.65. The zero-order valence-electron chi connectivity index (χ0n) is 4.80. The number of hydrogen-bond acceptors (Lipinski definition) is 0. The average Bonchev–Trinajstić information content (AvgIpc) is 1.56. The van der Waals surface area contributed by atoms with Crippen LogP contribution in [0.25, 0.3) is 0 Å². The highest BCUT2D eigenvalue weighted by Crippen LogP contribution is 2.34. The first-order chi connectivity index (χ1) is 4.65. The minimum atomic E-state index is -5.39. The van der Waals surface area contributed by atoms with Crippen molar-refractivity contribution in [3.8, 4) is 0 Å².